The molecule has 1 aromatic carbocycles. The van der Waals surface area contributed by atoms with Crippen LogP contribution in [0.3, 0.4) is 0 Å². The molecule has 0 spiro atoms. The third kappa shape index (κ3) is 6.89. The summed E-state index contributed by atoms with van der Waals surface area (Å²) in [7, 11) is 0. The largest absolute Gasteiger partial charge is 0.463 e. The van der Waals surface area contributed by atoms with Crippen molar-refractivity contribution in [3.8, 4) is 17.0 Å². The van der Waals surface area contributed by atoms with Crippen molar-refractivity contribution in [2.45, 2.75) is 65.3 Å². The first-order chi connectivity index (χ1) is 19.4. The van der Waals surface area contributed by atoms with Crippen LogP contribution < -0.4 is 10.2 Å². The second kappa shape index (κ2) is 12.5. The van der Waals surface area contributed by atoms with Crippen LogP contribution in [0.25, 0.3) is 22.2 Å². The minimum Gasteiger partial charge on any atom is -0.463 e. The molecule has 0 unspecified atom stereocenters. The molecule has 5 atom stereocenters. The Bertz CT molecular complexity index is 1510. The fourth-order valence-electron chi connectivity index (χ4n) is 4.41. The maximum Gasteiger partial charge on any atom is 0.303 e. The molecule has 13 nitrogen and oxygen atoms in total. The normalized spacial score (nSPS) is 22.0. The second-order valence-electron chi connectivity index (χ2n) is 9.08. The summed E-state index contributed by atoms with van der Waals surface area (Å²) in [4.78, 5) is 64.9. The first-order valence-electron chi connectivity index (χ1n) is 12.4. The topological polar surface area (TPSA) is 167 Å². The van der Waals surface area contributed by atoms with Crippen LogP contribution >= 0.6 is 11.3 Å². The second-order valence-corrected chi connectivity index (χ2v) is 9.80. The van der Waals surface area contributed by atoms with E-state index in [4.69, 9.17) is 32.8 Å². The van der Waals surface area contributed by atoms with Gasteiger partial charge in [-0.3, -0.25) is 24.0 Å². The zero-order valence-corrected chi connectivity index (χ0v) is 23.6. The van der Waals surface area contributed by atoms with Crippen molar-refractivity contribution in [1.82, 2.24) is 4.98 Å². The number of aromatic nitrogens is 1. The molecule has 1 aliphatic heterocycles. The van der Waals surface area contributed by atoms with Gasteiger partial charge in [0.05, 0.1) is 22.2 Å². The minimum atomic E-state index is -1.44. The van der Waals surface area contributed by atoms with Crippen molar-refractivity contribution in [2.24, 2.45) is 0 Å². The fraction of sp³-hybridized carbons (Fsp3) is 0.407. The van der Waals surface area contributed by atoms with E-state index >= 15 is 0 Å². The number of rotatable bonds is 8. The van der Waals surface area contributed by atoms with Crippen molar-refractivity contribution in [3.05, 3.63) is 45.1 Å². The number of carbonyl (C=O) groups excluding carboxylic acids is 4. The number of aryl methyl sites for hydroxylation is 1. The monoisotopic (exact) mass is 589 g/mol. The Balaban J connectivity index is 1.73. The molecule has 3 heterocycles. The van der Waals surface area contributed by atoms with E-state index in [2.05, 4.69) is 4.98 Å². The Morgan fingerprint density at radius 3 is 2.20 bits per heavy atom. The third-order valence-corrected chi connectivity index (χ3v) is 6.52. The Kier molecular flexibility index (Phi) is 9.03. The van der Waals surface area contributed by atoms with Crippen LogP contribution in [0.1, 0.15) is 33.5 Å². The lowest BCUT2D eigenvalue weighted by molar-refractivity contribution is -0.288. The average molecular weight is 590 g/mol. The van der Waals surface area contributed by atoms with E-state index in [1.54, 1.807) is 17.8 Å². The van der Waals surface area contributed by atoms with E-state index in [0.717, 1.165) is 20.8 Å². The summed E-state index contributed by atoms with van der Waals surface area (Å²) in [6.45, 7) is 5.79. The van der Waals surface area contributed by atoms with Crippen molar-refractivity contribution >= 4 is 46.2 Å². The van der Waals surface area contributed by atoms with Gasteiger partial charge in [-0.05, 0) is 19.1 Å². The predicted octanol–water partition coefficient (Wildman–Crippen LogP) is 2.69. The maximum atomic E-state index is 13.2. The lowest BCUT2D eigenvalue weighted by Gasteiger charge is -2.43. The maximum absolute atomic E-state index is 13.2. The number of fused-ring (bicyclic) bond motifs is 1. The highest BCUT2D eigenvalue weighted by Gasteiger charge is 2.53. The summed E-state index contributed by atoms with van der Waals surface area (Å²) in [6, 6.07) is 4.42. The van der Waals surface area contributed by atoms with Gasteiger partial charge in [0.25, 0.3) is 0 Å². The van der Waals surface area contributed by atoms with Crippen LogP contribution in [-0.2, 0) is 42.9 Å². The smallest absolute Gasteiger partial charge is 0.303 e. The van der Waals surface area contributed by atoms with Gasteiger partial charge in [-0.2, -0.15) is 0 Å². The van der Waals surface area contributed by atoms with E-state index in [0.29, 0.717) is 17.0 Å². The molecular weight excluding hydrogens is 562 g/mol. The molecule has 0 amide bonds. The highest BCUT2D eigenvalue weighted by atomic mass is 32.1. The number of hydrogen-bond donors (Lipinski definition) is 0. The van der Waals surface area contributed by atoms with Gasteiger partial charge in [-0.1, -0.05) is 0 Å². The molecule has 0 bridgehead atoms. The lowest BCUT2D eigenvalue weighted by Crippen LogP contribution is -2.63. The van der Waals surface area contributed by atoms with Gasteiger partial charge in [0, 0.05) is 39.1 Å². The Morgan fingerprint density at radius 1 is 0.927 bits per heavy atom. The summed E-state index contributed by atoms with van der Waals surface area (Å²) in [6.07, 6.45) is -6.73. The number of carbonyl (C=O) groups is 4. The molecule has 1 fully saturated rings. The molecule has 0 N–H and O–H groups in total. The number of thiazole rings is 1. The molecular formula is C27H27NO12S. The number of esters is 4. The predicted molar refractivity (Wildman–Crippen MR) is 141 cm³/mol. The van der Waals surface area contributed by atoms with E-state index in [1.807, 2.05) is 0 Å². The first-order valence-corrected chi connectivity index (χ1v) is 13.3. The van der Waals surface area contributed by atoms with Crippen molar-refractivity contribution in [2.75, 3.05) is 6.61 Å². The molecule has 218 valence electrons. The quantitative estimate of drug-likeness (QED) is 0.278. The third-order valence-electron chi connectivity index (χ3n) is 5.93. The average Bonchev–Trinajstić information content (AvgIpc) is 3.40. The summed E-state index contributed by atoms with van der Waals surface area (Å²) in [5.74, 6) is -2.44. The van der Waals surface area contributed by atoms with Crippen LogP contribution in [0.5, 0.6) is 5.75 Å². The van der Waals surface area contributed by atoms with Crippen molar-refractivity contribution in [1.29, 1.82) is 0 Å². The molecule has 1 saturated heterocycles. The van der Waals surface area contributed by atoms with Gasteiger partial charge in [0.1, 0.15) is 29.8 Å². The van der Waals surface area contributed by atoms with Crippen molar-refractivity contribution < 1.29 is 52.0 Å². The van der Waals surface area contributed by atoms with E-state index < -0.39 is 61.2 Å². The van der Waals surface area contributed by atoms with Crippen LogP contribution in [0.2, 0.25) is 0 Å². The van der Waals surface area contributed by atoms with Crippen molar-refractivity contribution in [3.63, 3.8) is 0 Å². The zero-order chi connectivity index (χ0) is 29.8. The molecule has 0 radical (unpaired) electrons. The summed E-state index contributed by atoms with van der Waals surface area (Å²) >= 11 is 1.35. The van der Waals surface area contributed by atoms with E-state index in [1.165, 1.54) is 36.5 Å². The zero-order valence-electron chi connectivity index (χ0n) is 22.7. The molecule has 3 aromatic rings. The molecule has 4 rings (SSSR count). The highest BCUT2D eigenvalue weighted by molar-refractivity contribution is 7.07. The van der Waals surface area contributed by atoms with Gasteiger partial charge < -0.3 is 32.8 Å². The number of nitrogens with zero attached hydrogens (tertiary/aromatic N) is 1. The molecule has 14 heteroatoms. The molecule has 41 heavy (non-hydrogen) atoms. The van der Waals surface area contributed by atoms with Crippen LogP contribution in [0.4, 0.5) is 0 Å². The number of ether oxygens (including phenoxy) is 6. The molecule has 2 aromatic heterocycles. The van der Waals surface area contributed by atoms with Gasteiger partial charge in [-0.25, -0.2) is 4.98 Å². The van der Waals surface area contributed by atoms with Gasteiger partial charge in [0.15, 0.2) is 12.2 Å². The molecule has 0 aliphatic carbocycles. The highest BCUT2D eigenvalue weighted by Crippen LogP contribution is 2.32. The summed E-state index contributed by atoms with van der Waals surface area (Å²) < 4.78 is 39.1. The number of hydrogen-bond acceptors (Lipinski definition) is 14. The summed E-state index contributed by atoms with van der Waals surface area (Å²) in [5.41, 5.74) is 2.37. The SMILES string of the molecule is CC(=O)OC[C@@H]1O[C@H](Oc2ccc3c(=O)c(-c4cscn4)c(C)oc3c2)[C@H](OC(C)=O)[C@@H](OC(C)=O)[C@H]1OC(C)=O. The van der Waals surface area contributed by atoms with Crippen LogP contribution in [0.15, 0.2) is 38.3 Å². The Morgan fingerprint density at radius 2 is 1.59 bits per heavy atom. The fourth-order valence-corrected chi connectivity index (χ4v) is 4.95. The first kappa shape index (κ1) is 29.7. The molecule has 0 saturated carbocycles. The minimum absolute atomic E-state index is 0.141. The van der Waals surface area contributed by atoms with E-state index in [-0.39, 0.29) is 22.1 Å². The lowest BCUT2D eigenvalue weighted by atomic mass is 9.98. The number of benzene rings is 1. The van der Waals surface area contributed by atoms with Crippen LogP contribution in [0, 0.1) is 6.92 Å². The van der Waals surface area contributed by atoms with Gasteiger partial charge >= 0.3 is 23.9 Å². The Hall–Kier alpha value is -4.30. The summed E-state index contributed by atoms with van der Waals surface area (Å²) in [5, 5.41) is 2.01. The van der Waals surface area contributed by atoms with Crippen LogP contribution in [-0.4, -0.2) is 66.2 Å². The standard InChI is InChI=1S/C27H27NO12S/c1-12-22(19-10-41-11-28-19)23(33)18-7-6-17(8-20(18)35-12)39-27-26(38-16(5)32)25(37-15(4)31)24(36-14(3)30)21(40-27)9-34-13(2)29/h6-8,10-11,21,24-27H,9H2,1-5H3/t21-,24-,25-,26+,27-/m0/s1. The molecule has 1 aliphatic rings. The van der Waals surface area contributed by atoms with E-state index in [9.17, 15) is 24.0 Å². The Labute approximate surface area is 237 Å². The van der Waals surface area contributed by atoms with Gasteiger partial charge in [-0.15, -0.1) is 11.3 Å². The van der Waals surface area contributed by atoms with Gasteiger partial charge in [0.2, 0.25) is 17.8 Å².